The SMILES string of the molecule is CC1(c2ccc(OC(F)(F)F)cc2)NC(=O)N(CC(=O)Nc2ccccc2Cc2ccccc2)C1=O. The molecule has 1 atom stereocenters. The predicted octanol–water partition coefficient (Wildman–Crippen LogP) is 4.58. The topological polar surface area (TPSA) is 87.7 Å². The van der Waals surface area contributed by atoms with Gasteiger partial charge in [0.15, 0.2) is 0 Å². The zero-order valence-electron chi connectivity index (χ0n) is 19.1. The monoisotopic (exact) mass is 497 g/mol. The highest BCUT2D eigenvalue weighted by atomic mass is 19.4. The van der Waals surface area contributed by atoms with Crippen molar-refractivity contribution in [3.8, 4) is 5.75 Å². The number of amides is 4. The zero-order valence-corrected chi connectivity index (χ0v) is 19.1. The molecular formula is C26H22F3N3O4. The lowest BCUT2D eigenvalue weighted by molar-refractivity contribution is -0.274. The van der Waals surface area contributed by atoms with Crippen molar-refractivity contribution in [1.82, 2.24) is 10.2 Å². The maximum atomic E-state index is 13.1. The average molecular weight is 497 g/mol. The number of carbonyl (C=O) groups excluding carboxylic acids is 3. The smallest absolute Gasteiger partial charge is 0.406 e. The third-order valence-corrected chi connectivity index (χ3v) is 5.77. The number of rotatable bonds is 7. The lowest BCUT2D eigenvalue weighted by Crippen LogP contribution is -2.42. The molecule has 0 spiro atoms. The molecule has 0 aliphatic carbocycles. The van der Waals surface area contributed by atoms with E-state index in [4.69, 9.17) is 0 Å². The molecular weight excluding hydrogens is 475 g/mol. The first-order valence-corrected chi connectivity index (χ1v) is 11.0. The van der Waals surface area contributed by atoms with Crippen molar-refractivity contribution in [2.45, 2.75) is 25.2 Å². The fourth-order valence-electron chi connectivity index (χ4n) is 3.97. The molecule has 1 fully saturated rings. The Morgan fingerprint density at radius 1 is 0.972 bits per heavy atom. The van der Waals surface area contributed by atoms with E-state index >= 15 is 0 Å². The summed E-state index contributed by atoms with van der Waals surface area (Å²) in [5, 5.41) is 5.28. The molecule has 3 aromatic carbocycles. The Morgan fingerprint density at radius 2 is 1.61 bits per heavy atom. The van der Waals surface area contributed by atoms with Crippen LogP contribution in [0.2, 0.25) is 0 Å². The molecule has 3 aromatic rings. The summed E-state index contributed by atoms with van der Waals surface area (Å²) < 4.78 is 41.1. The van der Waals surface area contributed by atoms with E-state index in [1.54, 1.807) is 12.1 Å². The van der Waals surface area contributed by atoms with Gasteiger partial charge in [0.2, 0.25) is 5.91 Å². The Hall–Kier alpha value is -4.34. The highest BCUT2D eigenvalue weighted by Gasteiger charge is 2.49. The Morgan fingerprint density at radius 3 is 2.28 bits per heavy atom. The van der Waals surface area contributed by atoms with Crippen molar-refractivity contribution in [3.63, 3.8) is 0 Å². The van der Waals surface area contributed by atoms with E-state index in [0.29, 0.717) is 12.1 Å². The highest BCUT2D eigenvalue weighted by Crippen LogP contribution is 2.31. The summed E-state index contributed by atoms with van der Waals surface area (Å²) in [5.41, 5.74) is 1.16. The summed E-state index contributed by atoms with van der Waals surface area (Å²) in [6, 6.07) is 20.7. The van der Waals surface area contributed by atoms with Crippen LogP contribution in [0.15, 0.2) is 78.9 Å². The quantitative estimate of drug-likeness (QED) is 0.468. The summed E-state index contributed by atoms with van der Waals surface area (Å²) in [7, 11) is 0. The first-order valence-electron chi connectivity index (χ1n) is 11.0. The van der Waals surface area contributed by atoms with E-state index in [9.17, 15) is 27.6 Å². The van der Waals surface area contributed by atoms with Crippen LogP contribution in [0.1, 0.15) is 23.6 Å². The Bertz CT molecular complexity index is 1280. The predicted molar refractivity (Wildman–Crippen MR) is 125 cm³/mol. The Labute approximate surface area is 204 Å². The van der Waals surface area contributed by atoms with Gasteiger partial charge in [-0.2, -0.15) is 0 Å². The van der Waals surface area contributed by atoms with E-state index < -0.39 is 42.0 Å². The molecule has 2 N–H and O–H groups in total. The largest absolute Gasteiger partial charge is 0.573 e. The van der Waals surface area contributed by atoms with Crippen molar-refractivity contribution in [1.29, 1.82) is 0 Å². The van der Waals surface area contributed by atoms with Gasteiger partial charge in [-0.25, -0.2) is 4.79 Å². The zero-order chi connectivity index (χ0) is 25.9. The van der Waals surface area contributed by atoms with E-state index in [1.165, 1.54) is 19.1 Å². The molecule has 0 aromatic heterocycles. The maximum absolute atomic E-state index is 13.1. The van der Waals surface area contributed by atoms with Crippen molar-refractivity contribution >= 4 is 23.5 Å². The summed E-state index contributed by atoms with van der Waals surface area (Å²) in [6.07, 6.45) is -4.28. The normalized spacial score (nSPS) is 17.6. The van der Waals surface area contributed by atoms with Gasteiger partial charge in [0.05, 0.1) is 0 Å². The summed E-state index contributed by atoms with van der Waals surface area (Å²) >= 11 is 0. The Kier molecular flexibility index (Phi) is 6.69. The van der Waals surface area contributed by atoms with Gasteiger partial charge in [0.25, 0.3) is 5.91 Å². The highest BCUT2D eigenvalue weighted by molar-refractivity contribution is 6.10. The number of hydrogen-bond acceptors (Lipinski definition) is 4. The fraction of sp³-hybridized carbons (Fsp3) is 0.192. The number of para-hydroxylation sites is 1. The molecule has 36 heavy (non-hydrogen) atoms. The molecule has 4 rings (SSSR count). The lowest BCUT2D eigenvalue weighted by Gasteiger charge is -2.22. The van der Waals surface area contributed by atoms with Crippen molar-refractivity contribution in [3.05, 3.63) is 95.6 Å². The van der Waals surface area contributed by atoms with E-state index in [0.717, 1.165) is 28.2 Å². The summed E-state index contributed by atoms with van der Waals surface area (Å²) in [4.78, 5) is 39.2. The van der Waals surface area contributed by atoms with Crippen LogP contribution < -0.4 is 15.4 Å². The van der Waals surface area contributed by atoms with Crippen molar-refractivity contribution in [2.24, 2.45) is 0 Å². The molecule has 10 heteroatoms. The van der Waals surface area contributed by atoms with E-state index in [2.05, 4.69) is 15.4 Å². The van der Waals surface area contributed by atoms with Gasteiger partial charge in [-0.3, -0.25) is 14.5 Å². The van der Waals surface area contributed by atoms with Crippen molar-refractivity contribution < 1.29 is 32.3 Å². The Balaban J connectivity index is 1.45. The van der Waals surface area contributed by atoms with Crippen LogP contribution in [0.3, 0.4) is 0 Å². The van der Waals surface area contributed by atoms with Gasteiger partial charge >= 0.3 is 12.4 Å². The van der Waals surface area contributed by atoms with Crippen molar-refractivity contribution in [2.75, 3.05) is 11.9 Å². The molecule has 186 valence electrons. The van der Waals surface area contributed by atoms with E-state index in [-0.39, 0.29) is 5.56 Å². The molecule has 0 saturated carbocycles. The molecule has 1 heterocycles. The number of anilines is 1. The number of carbonyl (C=O) groups is 3. The van der Waals surface area contributed by atoms with Crippen LogP contribution in [0.25, 0.3) is 0 Å². The third-order valence-electron chi connectivity index (χ3n) is 5.77. The molecule has 7 nitrogen and oxygen atoms in total. The third kappa shape index (κ3) is 5.48. The number of halogens is 3. The number of ether oxygens (including phenoxy) is 1. The van der Waals surface area contributed by atoms with Gasteiger partial charge in [0, 0.05) is 5.69 Å². The molecule has 0 radical (unpaired) electrons. The van der Waals surface area contributed by atoms with Crippen LogP contribution in [-0.2, 0) is 21.5 Å². The molecule has 1 aliphatic rings. The summed E-state index contributed by atoms with van der Waals surface area (Å²) in [6.45, 7) is 0.884. The minimum absolute atomic E-state index is 0.242. The first-order chi connectivity index (χ1) is 17.0. The van der Waals surface area contributed by atoms with Gasteiger partial charge in [-0.15, -0.1) is 13.2 Å². The lowest BCUT2D eigenvalue weighted by atomic mass is 9.92. The summed E-state index contributed by atoms with van der Waals surface area (Å²) in [5.74, 6) is -1.74. The molecule has 1 unspecified atom stereocenters. The minimum Gasteiger partial charge on any atom is -0.406 e. The van der Waals surface area contributed by atoms with Gasteiger partial charge in [0.1, 0.15) is 17.8 Å². The first kappa shape index (κ1) is 24.8. The standard InChI is InChI=1S/C26H22F3N3O4/c1-25(19-11-13-20(14-12-19)36-26(27,28)29)23(34)32(24(35)31-25)16-22(33)30-21-10-6-5-9-18(21)15-17-7-3-2-4-8-17/h2-14H,15-16H2,1H3,(H,30,33)(H,31,35). The second kappa shape index (κ2) is 9.73. The molecule has 4 amide bonds. The number of benzene rings is 3. The average Bonchev–Trinajstić information content (AvgIpc) is 3.04. The maximum Gasteiger partial charge on any atom is 0.573 e. The number of alkyl halides is 3. The van der Waals surface area contributed by atoms with Crippen LogP contribution in [-0.4, -0.2) is 35.7 Å². The molecule has 0 bridgehead atoms. The molecule has 1 saturated heterocycles. The fourth-order valence-corrected chi connectivity index (χ4v) is 3.97. The number of hydrogen-bond donors (Lipinski definition) is 2. The van der Waals surface area contributed by atoms with Crippen LogP contribution in [0, 0.1) is 0 Å². The molecule has 1 aliphatic heterocycles. The van der Waals surface area contributed by atoms with Gasteiger partial charge < -0.3 is 15.4 Å². The van der Waals surface area contributed by atoms with Gasteiger partial charge in [-0.05, 0) is 48.2 Å². The second-order valence-electron chi connectivity index (χ2n) is 8.39. The number of urea groups is 1. The van der Waals surface area contributed by atoms with Gasteiger partial charge in [-0.1, -0.05) is 60.7 Å². The van der Waals surface area contributed by atoms with E-state index in [1.807, 2.05) is 42.5 Å². The minimum atomic E-state index is -4.85. The second-order valence-corrected chi connectivity index (χ2v) is 8.39. The number of imide groups is 1. The van der Waals surface area contributed by atoms with Crippen LogP contribution in [0.4, 0.5) is 23.7 Å². The number of nitrogens with zero attached hydrogens (tertiary/aromatic N) is 1. The van der Waals surface area contributed by atoms with Crippen LogP contribution >= 0.6 is 0 Å². The van der Waals surface area contributed by atoms with Crippen LogP contribution in [0.5, 0.6) is 5.75 Å². The number of nitrogens with one attached hydrogen (secondary N) is 2.